The molecule has 0 unspecified atom stereocenters. The lowest BCUT2D eigenvalue weighted by Gasteiger charge is -2.13. The van der Waals surface area contributed by atoms with Gasteiger partial charge in [-0.2, -0.15) is 0 Å². The summed E-state index contributed by atoms with van der Waals surface area (Å²) in [6, 6.07) is 2.70. The van der Waals surface area contributed by atoms with Crippen LogP contribution in [0.25, 0.3) is 0 Å². The molecule has 1 N–H and O–H groups in total. The normalized spacial score (nSPS) is 11.7. The Bertz CT molecular complexity index is 615. The molecule has 0 aliphatic rings. The summed E-state index contributed by atoms with van der Waals surface area (Å²) in [7, 11) is 0. The summed E-state index contributed by atoms with van der Waals surface area (Å²) in [6.45, 7) is 8.24. The number of hydrogen-bond acceptors (Lipinski definition) is 3. The highest BCUT2D eigenvalue weighted by atomic mass is 32.1. The van der Waals surface area contributed by atoms with Crippen LogP contribution in [-0.4, -0.2) is 4.98 Å². The lowest BCUT2D eigenvalue weighted by Crippen LogP contribution is -2.09. The van der Waals surface area contributed by atoms with Gasteiger partial charge in [0.05, 0.1) is 11.6 Å². The van der Waals surface area contributed by atoms with Crippen molar-refractivity contribution in [1.29, 1.82) is 0 Å². The summed E-state index contributed by atoms with van der Waals surface area (Å²) in [5.41, 5.74) is 0.340. The molecule has 0 saturated heterocycles. The molecule has 5 heteroatoms. The minimum absolute atomic E-state index is 0.0112. The van der Waals surface area contributed by atoms with E-state index in [0.29, 0.717) is 12.1 Å². The molecule has 0 atom stereocenters. The van der Waals surface area contributed by atoms with Gasteiger partial charge in [-0.3, -0.25) is 0 Å². The van der Waals surface area contributed by atoms with Crippen LogP contribution in [0.4, 0.5) is 14.5 Å². The Morgan fingerprint density at radius 1 is 1.25 bits per heavy atom. The molecule has 0 spiro atoms. The van der Waals surface area contributed by atoms with E-state index < -0.39 is 11.6 Å². The van der Waals surface area contributed by atoms with Crippen LogP contribution in [0.5, 0.6) is 0 Å². The number of nitrogens with zero attached hydrogens (tertiary/aromatic N) is 1. The maximum atomic E-state index is 13.8. The zero-order chi connectivity index (χ0) is 14.9. The standard InChI is InChI=1S/C15H18F2N2S/c1-9-5-6-11(16)13(12(9)17)18-7-10-8-19-14(20-10)15(2,3)4/h5-6,8,18H,7H2,1-4H3. The van der Waals surface area contributed by atoms with Gasteiger partial charge >= 0.3 is 0 Å². The Balaban J connectivity index is 2.14. The molecule has 1 heterocycles. The van der Waals surface area contributed by atoms with Crippen molar-refractivity contribution in [1.82, 2.24) is 4.98 Å². The highest BCUT2D eigenvalue weighted by molar-refractivity contribution is 7.11. The van der Waals surface area contributed by atoms with Crippen LogP contribution in [0.15, 0.2) is 18.3 Å². The van der Waals surface area contributed by atoms with Crippen molar-refractivity contribution in [3.8, 4) is 0 Å². The van der Waals surface area contributed by atoms with Crippen LogP contribution in [0, 0.1) is 18.6 Å². The maximum Gasteiger partial charge on any atom is 0.152 e. The number of aromatic nitrogens is 1. The molecule has 20 heavy (non-hydrogen) atoms. The minimum Gasteiger partial charge on any atom is -0.375 e. The molecule has 0 radical (unpaired) electrons. The average molecular weight is 296 g/mol. The van der Waals surface area contributed by atoms with Gasteiger partial charge in [0.2, 0.25) is 0 Å². The molecule has 0 saturated carbocycles. The van der Waals surface area contributed by atoms with Gasteiger partial charge in [-0.15, -0.1) is 11.3 Å². The predicted molar refractivity (Wildman–Crippen MR) is 79.2 cm³/mol. The third-order valence-electron chi connectivity index (χ3n) is 2.92. The maximum absolute atomic E-state index is 13.8. The molecule has 0 aliphatic carbocycles. The highest BCUT2D eigenvalue weighted by Gasteiger charge is 2.18. The van der Waals surface area contributed by atoms with Crippen molar-refractivity contribution in [2.75, 3.05) is 5.32 Å². The van der Waals surface area contributed by atoms with Crippen LogP contribution in [0.1, 0.15) is 36.2 Å². The average Bonchev–Trinajstić information content (AvgIpc) is 2.83. The predicted octanol–water partition coefficient (Wildman–Crippen LogP) is 4.64. The summed E-state index contributed by atoms with van der Waals surface area (Å²) in [6.07, 6.45) is 1.75. The van der Waals surface area contributed by atoms with E-state index in [1.54, 1.807) is 24.5 Å². The summed E-state index contributed by atoms with van der Waals surface area (Å²) in [5, 5.41) is 3.84. The second-order valence-electron chi connectivity index (χ2n) is 5.79. The van der Waals surface area contributed by atoms with E-state index in [1.165, 1.54) is 12.1 Å². The van der Waals surface area contributed by atoms with E-state index in [2.05, 4.69) is 31.1 Å². The molecule has 0 fully saturated rings. The molecule has 1 aromatic carbocycles. The molecule has 0 amide bonds. The molecular weight excluding hydrogens is 278 g/mol. The molecule has 108 valence electrons. The fourth-order valence-electron chi connectivity index (χ4n) is 1.73. The highest BCUT2D eigenvalue weighted by Crippen LogP contribution is 2.28. The summed E-state index contributed by atoms with van der Waals surface area (Å²) in [4.78, 5) is 5.31. The molecule has 1 aromatic heterocycles. The van der Waals surface area contributed by atoms with Gasteiger partial charge in [0.25, 0.3) is 0 Å². The number of benzene rings is 1. The monoisotopic (exact) mass is 296 g/mol. The van der Waals surface area contributed by atoms with Crippen LogP contribution < -0.4 is 5.32 Å². The van der Waals surface area contributed by atoms with Gasteiger partial charge in [0.1, 0.15) is 11.5 Å². The smallest absolute Gasteiger partial charge is 0.152 e. The zero-order valence-corrected chi connectivity index (χ0v) is 12.9. The summed E-state index contributed by atoms with van der Waals surface area (Å²) in [5.74, 6) is -1.11. The van der Waals surface area contributed by atoms with E-state index in [0.717, 1.165) is 9.88 Å². The van der Waals surface area contributed by atoms with Crippen LogP contribution >= 0.6 is 11.3 Å². The number of aryl methyl sites for hydroxylation is 1. The Morgan fingerprint density at radius 2 is 1.95 bits per heavy atom. The van der Waals surface area contributed by atoms with Crippen molar-refractivity contribution >= 4 is 17.0 Å². The van der Waals surface area contributed by atoms with Crippen LogP contribution in [0.2, 0.25) is 0 Å². The van der Waals surface area contributed by atoms with Crippen molar-refractivity contribution in [2.24, 2.45) is 0 Å². The van der Waals surface area contributed by atoms with Crippen molar-refractivity contribution < 1.29 is 8.78 Å². The number of nitrogens with one attached hydrogen (secondary N) is 1. The van der Waals surface area contributed by atoms with Gasteiger partial charge in [-0.05, 0) is 18.6 Å². The van der Waals surface area contributed by atoms with Gasteiger partial charge < -0.3 is 5.32 Å². The first-order valence-electron chi connectivity index (χ1n) is 6.42. The summed E-state index contributed by atoms with van der Waals surface area (Å²) < 4.78 is 27.5. The fourth-order valence-corrected chi connectivity index (χ4v) is 2.64. The molecular formula is C15H18F2N2S. The minimum atomic E-state index is -0.575. The topological polar surface area (TPSA) is 24.9 Å². The van der Waals surface area contributed by atoms with E-state index in [1.807, 2.05) is 0 Å². The number of anilines is 1. The van der Waals surface area contributed by atoms with Crippen molar-refractivity contribution in [3.05, 3.63) is 45.4 Å². The Morgan fingerprint density at radius 3 is 2.55 bits per heavy atom. The third-order valence-corrected chi connectivity index (χ3v) is 4.34. The molecule has 0 bridgehead atoms. The Kier molecular flexibility index (Phi) is 4.09. The van der Waals surface area contributed by atoms with Gasteiger partial charge in [0.15, 0.2) is 5.82 Å². The SMILES string of the molecule is Cc1ccc(F)c(NCc2cnc(C(C)(C)C)s2)c1F. The lowest BCUT2D eigenvalue weighted by atomic mass is 9.98. The van der Waals surface area contributed by atoms with Gasteiger partial charge in [0, 0.05) is 16.5 Å². The second-order valence-corrected chi connectivity index (χ2v) is 6.90. The number of rotatable bonds is 3. The van der Waals surface area contributed by atoms with Crippen LogP contribution in [-0.2, 0) is 12.0 Å². The van der Waals surface area contributed by atoms with Crippen molar-refractivity contribution in [2.45, 2.75) is 39.7 Å². The largest absolute Gasteiger partial charge is 0.375 e. The first kappa shape index (κ1) is 14.9. The summed E-state index contributed by atoms with van der Waals surface area (Å²) >= 11 is 1.56. The van der Waals surface area contributed by atoms with Gasteiger partial charge in [-0.25, -0.2) is 13.8 Å². The number of hydrogen-bond donors (Lipinski definition) is 1. The van der Waals surface area contributed by atoms with E-state index in [9.17, 15) is 8.78 Å². The fraction of sp³-hybridized carbons (Fsp3) is 0.400. The molecule has 2 rings (SSSR count). The zero-order valence-electron chi connectivity index (χ0n) is 12.1. The Hall–Kier alpha value is -1.49. The molecule has 2 aromatic rings. The first-order valence-corrected chi connectivity index (χ1v) is 7.24. The third kappa shape index (κ3) is 3.15. The van der Waals surface area contributed by atoms with Crippen molar-refractivity contribution in [3.63, 3.8) is 0 Å². The van der Waals surface area contributed by atoms with Crippen LogP contribution in [0.3, 0.4) is 0 Å². The van der Waals surface area contributed by atoms with E-state index in [-0.39, 0.29) is 11.1 Å². The second kappa shape index (κ2) is 5.48. The molecule has 0 aliphatic heterocycles. The lowest BCUT2D eigenvalue weighted by molar-refractivity contribution is 0.582. The quantitative estimate of drug-likeness (QED) is 0.892. The number of thiazole rings is 1. The molecule has 2 nitrogen and oxygen atoms in total. The van der Waals surface area contributed by atoms with Gasteiger partial charge in [-0.1, -0.05) is 26.8 Å². The Labute approximate surface area is 121 Å². The van der Waals surface area contributed by atoms with E-state index >= 15 is 0 Å². The number of halogens is 2. The van der Waals surface area contributed by atoms with E-state index in [4.69, 9.17) is 0 Å². The first-order chi connectivity index (χ1) is 9.29.